The lowest BCUT2D eigenvalue weighted by molar-refractivity contribution is -0.159. The summed E-state index contributed by atoms with van der Waals surface area (Å²) in [4.78, 5) is 65.7. The average Bonchev–Trinajstić information content (AvgIpc) is 3.89. The number of phenolic OH excluding ortho intramolecular Hbond substituents is 1. The third-order valence-corrected chi connectivity index (χ3v) is 12.6. The maximum absolute atomic E-state index is 14.8. The fourth-order valence-electron chi connectivity index (χ4n) is 9.08. The topological polar surface area (TPSA) is 270 Å². The number of rotatable bonds is 5. The number of ketones is 2. The van der Waals surface area contributed by atoms with Crippen molar-refractivity contribution in [2.75, 3.05) is 32.1 Å². The van der Waals surface area contributed by atoms with Crippen LogP contribution in [0.1, 0.15) is 60.1 Å². The van der Waals surface area contributed by atoms with Crippen LogP contribution < -0.4 is 21.8 Å². The highest BCUT2D eigenvalue weighted by atomic mass is 35.5. The maximum Gasteiger partial charge on any atom is 0.341 e. The van der Waals surface area contributed by atoms with Crippen molar-refractivity contribution in [1.82, 2.24) is 9.47 Å². The molecule has 1 saturated heterocycles. The first-order chi connectivity index (χ1) is 27.1. The number of carboxylic acid groups (broad SMARTS) is 1. The van der Waals surface area contributed by atoms with E-state index in [9.17, 15) is 59.0 Å². The van der Waals surface area contributed by atoms with Gasteiger partial charge in [0.05, 0.1) is 38.8 Å². The first kappa shape index (κ1) is 41.1. The molecule has 1 aromatic heterocycles. The van der Waals surface area contributed by atoms with Gasteiger partial charge in [0.2, 0.25) is 11.2 Å². The van der Waals surface area contributed by atoms with E-state index in [1.807, 2.05) is 0 Å². The quantitative estimate of drug-likeness (QED) is 0.172. The Morgan fingerprint density at radius 3 is 2.26 bits per heavy atom. The molecule has 308 valence electrons. The third-order valence-electron chi connectivity index (χ3n) is 12.0. The average molecular weight is 845 g/mol. The van der Waals surface area contributed by atoms with Crippen molar-refractivity contribution < 1.29 is 54.2 Å². The third kappa shape index (κ3) is 5.97. The largest absolute Gasteiger partial charge is 0.508 e. The number of nitrogens with two attached hydrogens (primary N) is 2. The Bertz CT molecular complexity index is 2500. The molecule has 58 heavy (non-hydrogen) atoms. The van der Waals surface area contributed by atoms with Crippen LogP contribution in [0, 0.1) is 17.7 Å². The minimum Gasteiger partial charge on any atom is -0.508 e. The highest BCUT2D eigenvalue weighted by Gasteiger charge is 2.66. The fourth-order valence-corrected chi connectivity index (χ4v) is 9.84. The van der Waals surface area contributed by atoms with Crippen LogP contribution in [0.3, 0.4) is 0 Å². The number of hydrogen-bond donors (Lipinski definition) is 8. The van der Waals surface area contributed by atoms with Crippen LogP contribution >= 0.6 is 23.2 Å². The number of likely N-dealkylation sites (N-methyl/N-ethyl adjacent to an activating group) is 1. The molecule has 0 radical (unpaired) electrons. The summed E-state index contributed by atoms with van der Waals surface area (Å²) in [5, 5.41) is 64.6. The lowest BCUT2D eigenvalue weighted by atomic mass is 9.54. The normalized spacial score (nSPS) is 28.0. The van der Waals surface area contributed by atoms with Gasteiger partial charge in [0.15, 0.2) is 11.4 Å². The number of primary amides is 1. The molecule has 3 aromatic rings. The maximum atomic E-state index is 14.8. The predicted octanol–water partition coefficient (Wildman–Crippen LogP) is 2.65. The number of hydrogen-bond acceptors (Lipinski definition) is 13. The van der Waals surface area contributed by atoms with Gasteiger partial charge in [0, 0.05) is 59.4 Å². The van der Waals surface area contributed by atoms with E-state index in [0.717, 1.165) is 25.3 Å². The minimum atomic E-state index is -2.78. The lowest BCUT2D eigenvalue weighted by Crippen LogP contribution is -2.67. The number of nitrogens with zero attached hydrogens (tertiary/aromatic N) is 3. The molecule has 3 fully saturated rings. The number of anilines is 1. The Hall–Kier alpha value is -5.04. The minimum absolute atomic E-state index is 0.00143. The number of aliphatic hydroxyl groups excluding tert-OH is 2. The zero-order valence-corrected chi connectivity index (χ0v) is 32.8. The van der Waals surface area contributed by atoms with Gasteiger partial charge in [-0.05, 0) is 64.9 Å². The van der Waals surface area contributed by atoms with Gasteiger partial charge in [-0.1, -0.05) is 23.2 Å². The van der Waals surface area contributed by atoms with Gasteiger partial charge in [-0.25, -0.2) is 9.18 Å². The van der Waals surface area contributed by atoms with Crippen molar-refractivity contribution in [1.29, 1.82) is 0 Å². The van der Waals surface area contributed by atoms with E-state index in [-0.39, 0.29) is 56.3 Å². The first-order valence-electron chi connectivity index (χ1n) is 18.3. The standard InChI is InChI=1S/C22H23ClN2O8.C17H17ClFN3O3/c1-21(32)7-6-8-15(25(2)3)17(28)13(20(24)31)19(30)22(8,33)18(29)11(7)16(27)12-10(26)5-4-9(23)14(12)21;18-13-14-10(5-12(19)15(13)21-4-3-8(20)6-21)16(23)11(17(24)25)7-22(14)9-1-2-9/h4-5,7-8,15,26-27,30,32-33H,6H2,1-3H3,(H2,24,31);5,7-9H,1-4,6,20H2,(H,24,25)/t7-,8-,15-,21-,22-;/m0./s1. The smallest absolute Gasteiger partial charge is 0.341 e. The molecule has 10 N–H and O–H groups in total. The molecule has 1 aliphatic heterocycles. The van der Waals surface area contributed by atoms with Crippen molar-refractivity contribution in [3.63, 3.8) is 0 Å². The number of amides is 1. The van der Waals surface area contributed by atoms with E-state index < -0.39 is 92.2 Å². The zero-order valence-electron chi connectivity index (χ0n) is 31.3. The van der Waals surface area contributed by atoms with E-state index in [0.29, 0.717) is 18.6 Å². The van der Waals surface area contributed by atoms with Crippen molar-refractivity contribution in [2.24, 2.45) is 23.3 Å². The van der Waals surface area contributed by atoms with Crippen LogP contribution in [0.15, 0.2) is 46.1 Å². The Morgan fingerprint density at radius 2 is 1.71 bits per heavy atom. The number of carboxylic acids is 1. The summed E-state index contributed by atoms with van der Waals surface area (Å²) >= 11 is 12.8. The van der Waals surface area contributed by atoms with E-state index in [1.165, 1.54) is 44.2 Å². The SMILES string of the molecule is CN(C)[C@@H]1C(=O)C(C(N)=O)=C(O)[C@@]2(O)C(=O)C3=C(O)c4c(O)ccc(Cl)c4[C@@](C)(O)[C@H]3C[C@@H]12.NC1CCN(c2c(F)cc3c(=O)c(C(=O)O)cn(C4CC4)c3c2Cl)C1. The van der Waals surface area contributed by atoms with Crippen LogP contribution in [-0.2, 0) is 20.0 Å². The summed E-state index contributed by atoms with van der Waals surface area (Å²) < 4.78 is 16.5. The molecule has 2 heterocycles. The number of fused-ring (bicyclic) bond motifs is 4. The summed E-state index contributed by atoms with van der Waals surface area (Å²) in [5.74, 6) is -10.3. The van der Waals surface area contributed by atoms with Crippen molar-refractivity contribution in [3.05, 3.63) is 84.1 Å². The van der Waals surface area contributed by atoms with Crippen molar-refractivity contribution >= 4 is 69.0 Å². The number of benzene rings is 2. The number of pyridine rings is 1. The number of aliphatic hydroxyl groups is 4. The Labute approximate surface area is 339 Å². The van der Waals surface area contributed by atoms with Crippen molar-refractivity contribution in [3.8, 4) is 5.75 Å². The number of aromatic hydroxyl groups is 1. The fraction of sp³-hybridized carbons (Fsp3) is 0.410. The summed E-state index contributed by atoms with van der Waals surface area (Å²) in [6, 6.07) is 2.38. The van der Waals surface area contributed by atoms with Crippen LogP contribution in [0.5, 0.6) is 5.75 Å². The monoisotopic (exact) mass is 843 g/mol. The number of phenols is 1. The van der Waals surface area contributed by atoms with Gasteiger partial charge in [-0.15, -0.1) is 0 Å². The molecule has 0 bridgehead atoms. The number of carbonyl (C=O) groups is 4. The van der Waals surface area contributed by atoms with Gasteiger partial charge in [0.25, 0.3) is 5.91 Å². The number of Topliss-reactive ketones (excluding diaryl/α,β-unsaturated/α-hetero) is 2. The Balaban J connectivity index is 0.000000183. The van der Waals surface area contributed by atoms with Crippen molar-refractivity contribution in [2.45, 2.75) is 61.9 Å². The molecule has 8 rings (SSSR count). The molecule has 19 heteroatoms. The summed E-state index contributed by atoms with van der Waals surface area (Å²) in [7, 11) is 2.97. The number of carbonyl (C=O) groups excluding carboxylic acids is 3. The highest BCUT2D eigenvalue weighted by molar-refractivity contribution is 6.38. The van der Waals surface area contributed by atoms with E-state index in [4.69, 9.17) is 34.7 Å². The Kier molecular flexibility index (Phi) is 9.97. The molecule has 16 nitrogen and oxygen atoms in total. The summed E-state index contributed by atoms with van der Waals surface area (Å²) in [6.07, 6.45) is 3.54. The second-order valence-electron chi connectivity index (χ2n) is 15.8. The summed E-state index contributed by atoms with van der Waals surface area (Å²) in [6.45, 7) is 2.42. The number of aromatic nitrogens is 1. The van der Waals surface area contributed by atoms with Gasteiger partial charge in [-0.2, -0.15) is 0 Å². The molecule has 2 aromatic carbocycles. The second-order valence-corrected chi connectivity index (χ2v) is 16.6. The van der Waals surface area contributed by atoms with Crippen LogP contribution in [0.2, 0.25) is 10.0 Å². The van der Waals surface area contributed by atoms with E-state index in [1.54, 1.807) is 9.47 Å². The van der Waals surface area contributed by atoms with Gasteiger partial charge in [0.1, 0.15) is 34.2 Å². The molecular formula is C39H40Cl2FN5O11. The predicted molar refractivity (Wildman–Crippen MR) is 208 cm³/mol. The van der Waals surface area contributed by atoms with Gasteiger partial charge in [-0.3, -0.25) is 24.1 Å². The zero-order chi connectivity index (χ0) is 42.7. The van der Waals surface area contributed by atoms with E-state index >= 15 is 0 Å². The molecule has 0 spiro atoms. The first-order valence-corrected chi connectivity index (χ1v) is 19.0. The molecule has 4 aliphatic carbocycles. The van der Waals surface area contributed by atoms with Crippen LogP contribution in [-0.4, -0.2) is 108 Å². The van der Waals surface area contributed by atoms with Gasteiger partial charge >= 0.3 is 5.97 Å². The van der Waals surface area contributed by atoms with Crippen LogP contribution in [0.25, 0.3) is 16.7 Å². The molecule has 6 atom stereocenters. The lowest BCUT2D eigenvalue weighted by Gasteiger charge is -2.53. The van der Waals surface area contributed by atoms with Crippen LogP contribution in [0.4, 0.5) is 10.1 Å². The molecule has 1 amide bonds. The summed E-state index contributed by atoms with van der Waals surface area (Å²) in [5.41, 5.74) is 4.36. The second kappa shape index (κ2) is 14.1. The molecular weight excluding hydrogens is 804 g/mol. The molecule has 5 aliphatic rings. The highest BCUT2D eigenvalue weighted by Crippen LogP contribution is 2.58. The molecule has 2 saturated carbocycles. The molecule has 1 unspecified atom stereocenters. The Morgan fingerprint density at radius 1 is 1.05 bits per heavy atom. The number of halogens is 3. The van der Waals surface area contributed by atoms with E-state index in [2.05, 4.69) is 0 Å². The number of aromatic carboxylic acids is 1. The van der Waals surface area contributed by atoms with Gasteiger partial charge < -0.3 is 51.6 Å².